The number of anilines is 1. The first kappa shape index (κ1) is 14.7. The molecule has 0 aliphatic rings. The van der Waals surface area contributed by atoms with Gasteiger partial charge < -0.3 is 9.15 Å². The van der Waals surface area contributed by atoms with E-state index in [1.54, 1.807) is 37.7 Å². The van der Waals surface area contributed by atoms with Crippen LogP contribution in [0.15, 0.2) is 53.2 Å². The van der Waals surface area contributed by atoms with Crippen LogP contribution in [-0.2, 0) is 11.2 Å². The molecular formula is C16H14N4O3. The minimum atomic E-state index is -0.247. The normalized spacial score (nSPS) is 10.3. The largest absolute Gasteiger partial charge is 0.497 e. The van der Waals surface area contributed by atoms with Gasteiger partial charge >= 0.3 is 6.01 Å². The maximum atomic E-state index is 12.0. The monoisotopic (exact) mass is 310 g/mol. The number of nitrogens with zero attached hydrogens (tertiary/aromatic N) is 3. The van der Waals surface area contributed by atoms with Gasteiger partial charge in [0, 0.05) is 18.0 Å². The third-order valence-corrected chi connectivity index (χ3v) is 3.10. The minimum Gasteiger partial charge on any atom is -0.497 e. The average Bonchev–Trinajstić information content (AvgIpc) is 3.04. The summed E-state index contributed by atoms with van der Waals surface area (Å²) in [6.45, 7) is 0. The lowest BCUT2D eigenvalue weighted by molar-refractivity contribution is -0.115. The summed E-state index contributed by atoms with van der Waals surface area (Å²) in [5, 5.41) is 10.3. The smallest absolute Gasteiger partial charge is 0.322 e. The number of hydrogen-bond donors (Lipinski definition) is 1. The van der Waals surface area contributed by atoms with E-state index in [1.807, 2.05) is 18.2 Å². The predicted octanol–water partition coefficient (Wildman–Crippen LogP) is 2.32. The van der Waals surface area contributed by atoms with E-state index in [1.165, 1.54) is 0 Å². The number of hydrogen-bond acceptors (Lipinski definition) is 6. The molecule has 1 aromatic carbocycles. The molecule has 0 fully saturated rings. The highest BCUT2D eigenvalue weighted by Gasteiger charge is 2.12. The first-order valence-electron chi connectivity index (χ1n) is 6.91. The Morgan fingerprint density at radius 1 is 1.22 bits per heavy atom. The summed E-state index contributed by atoms with van der Waals surface area (Å²) in [5.41, 5.74) is 1.57. The van der Waals surface area contributed by atoms with E-state index in [-0.39, 0.29) is 18.3 Å². The molecule has 0 aliphatic carbocycles. The summed E-state index contributed by atoms with van der Waals surface area (Å²) in [7, 11) is 1.58. The van der Waals surface area contributed by atoms with Crippen LogP contribution in [0.25, 0.3) is 11.5 Å². The molecule has 0 saturated carbocycles. The van der Waals surface area contributed by atoms with Crippen molar-refractivity contribution in [3.8, 4) is 17.2 Å². The molecular weight excluding hydrogens is 296 g/mol. The summed E-state index contributed by atoms with van der Waals surface area (Å²) in [5.74, 6) is 0.778. The fourth-order valence-corrected chi connectivity index (χ4v) is 2.02. The van der Waals surface area contributed by atoms with Gasteiger partial charge in [-0.3, -0.25) is 15.1 Å². The Morgan fingerprint density at radius 3 is 2.83 bits per heavy atom. The lowest BCUT2D eigenvalue weighted by Gasteiger charge is -2.03. The Bertz CT molecular complexity index is 802. The summed E-state index contributed by atoms with van der Waals surface area (Å²) < 4.78 is 10.5. The van der Waals surface area contributed by atoms with Gasteiger partial charge in [0.1, 0.15) is 5.75 Å². The summed E-state index contributed by atoms with van der Waals surface area (Å²) >= 11 is 0. The molecule has 2 aromatic heterocycles. The molecule has 23 heavy (non-hydrogen) atoms. The second kappa shape index (κ2) is 6.69. The van der Waals surface area contributed by atoms with Crippen molar-refractivity contribution >= 4 is 11.9 Å². The second-order valence-corrected chi connectivity index (χ2v) is 4.72. The van der Waals surface area contributed by atoms with Crippen LogP contribution in [0.1, 0.15) is 5.56 Å². The molecule has 3 aromatic rings. The van der Waals surface area contributed by atoms with Crippen molar-refractivity contribution in [2.45, 2.75) is 6.42 Å². The van der Waals surface area contributed by atoms with Crippen molar-refractivity contribution in [3.05, 3.63) is 54.4 Å². The Labute approximate surface area is 132 Å². The van der Waals surface area contributed by atoms with Gasteiger partial charge in [-0.05, 0) is 29.8 Å². The van der Waals surface area contributed by atoms with Crippen LogP contribution in [0.2, 0.25) is 0 Å². The van der Waals surface area contributed by atoms with Gasteiger partial charge in [-0.1, -0.05) is 17.2 Å². The first-order valence-corrected chi connectivity index (χ1v) is 6.91. The molecule has 0 saturated heterocycles. The highest BCUT2D eigenvalue weighted by Crippen LogP contribution is 2.19. The van der Waals surface area contributed by atoms with Crippen LogP contribution in [0.4, 0.5) is 6.01 Å². The molecule has 0 aliphatic heterocycles. The highest BCUT2D eigenvalue weighted by atomic mass is 16.5. The Balaban J connectivity index is 1.65. The maximum absolute atomic E-state index is 12.0. The van der Waals surface area contributed by atoms with E-state index in [9.17, 15) is 4.79 Å². The van der Waals surface area contributed by atoms with E-state index in [4.69, 9.17) is 9.15 Å². The molecule has 0 unspecified atom stereocenters. The van der Waals surface area contributed by atoms with Crippen molar-refractivity contribution in [2.75, 3.05) is 12.4 Å². The molecule has 1 N–H and O–H groups in total. The molecule has 2 heterocycles. The zero-order valence-corrected chi connectivity index (χ0v) is 12.4. The van der Waals surface area contributed by atoms with Crippen molar-refractivity contribution < 1.29 is 13.9 Å². The number of amides is 1. The lowest BCUT2D eigenvalue weighted by atomic mass is 10.1. The van der Waals surface area contributed by atoms with Gasteiger partial charge in [-0.15, -0.1) is 5.10 Å². The summed E-state index contributed by atoms with van der Waals surface area (Å²) in [6, 6.07) is 10.8. The van der Waals surface area contributed by atoms with Gasteiger partial charge in [0.15, 0.2) is 0 Å². The Hall–Kier alpha value is -3.22. The van der Waals surface area contributed by atoms with Crippen molar-refractivity contribution in [2.24, 2.45) is 0 Å². The number of nitrogens with one attached hydrogen (secondary N) is 1. The Kier molecular flexibility index (Phi) is 4.28. The number of pyridine rings is 1. The molecule has 0 bridgehead atoms. The van der Waals surface area contributed by atoms with Crippen LogP contribution < -0.4 is 10.1 Å². The van der Waals surface area contributed by atoms with E-state index in [0.29, 0.717) is 11.6 Å². The number of carbonyl (C=O) groups excluding carboxylic acids is 1. The third-order valence-electron chi connectivity index (χ3n) is 3.10. The maximum Gasteiger partial charge on any atom is 0.322 e. The third kappa shape index (κ3) is 3.70. The first-order chi connectivity index (χ1) is 11.2. The van der Waals surface area contributed by atoms with E-state index < -0.39 is 0 Å². The second-order valence-electron chi connectivity index (χ2n) is 4.72. The Morgan fingerprint density at radius 2 is 2.04 bits per heavy atom. The van der Waals surface area contributed by atoms with Gasteiger partial charge in [0.05, 0.1) is 13.5 Å². The lowest BCUT2D eigenvalue weighted by Crippen LogP contribution is -2.14. The number of rotatable bonds is 5. The molecule has 7 nitrogen and oxygen atoms in total. The molecule has 116 valence electrons. The van der Waals surface area contributed by atoms with Gasteiger partial charge in [0.25, 0.3) is 0 Å². The zero-order chi connectivity index (χ0) is 16.1. The summed E-state index contributed by atoms with van der Waals surface area (Å²) in [4.78, 5) is 16.0. The zero-order valence-electron chi connectivity index (χ0n) is 12.4. The molecule has 0 radical (unpaired) electrons. The van der Waals surface area contributed by atoms with Crippen LogP contribution >= 0.6 is 0 Å². The van der Waals surface area contributed by atoms with Gasteiger partial charge in [-0.2, -0.15) is 0 Å². The van der Waals surface area contributed by atoms with E-state index >= 15 is 0 Å². The van der Waals surface area contributed by atoms with Crippen molar-refractivity contribution in [3.63, 3.8) is 0 Å². The number of aromatic nitrogens is 3. The van der Waals surface area contributed by atoms with Crippen molar-refractivity contribution in [1.29, 1.82) is 0 Å². The molecule has 0 atom stereocenters. The van der Waals surface area contributed by atoms with E-state index in [2.05, 4.69) is 20.5 Å². The van der Waals surface area contributed by atoms with Gasteiger partial charge in [0.2, 0.25) is 11.8 Å². The fraction of sp³-hybridized carbons (Fsp3) is 0.125. The van der Waals surface area contributed by atoms with E-state index in [0.717, 1.165) is 11.1 Å². The SMILES string of the molecule is COc1cccc(CC(=O)Nc2nnc(-c3ccncc3)o2)c1. The quantitative estimate of drug-likeness (QED) is 0.778. The number of carbonyl (C=O) groups is 1. The molecule has 0 spiro atoms. The van der Waals surface area contributed by atoms with Crippen LogP contribution in [-0.4, -0.2) is 28.2 Å². The molecule has 3 rings (SSSR count). The highest BCUT2D eigenvalue weighted by molar-refractivity contribution is 5.90. The van der Waals surface area contributed by atoms with Crippen LogP contribution in [0.3, 0.4) is 0 Å². The average molecular weight is 310 g/mol. The standard InChI is InChI=1S/C16H14N4O3/c1-22-13-4-2-3-11(9-13)10-14(21)18-16-20-19-15(23-16)12-5-7-17-8-6-12/h2-9H,10H2,1H3,(H,18,20,21). The number of benzene rings is 1. The van der Waals surface area contributed by atoms with Crippen LogP contribution in [0, 0.1) is 0 Å². The summed E-state index contributed by atoms with van der Waals surface area (Å²) in [6.07, 6.45) is 3.44. The topological polar surface area (TPSA) is 90.1 Å². The van der Waals surface area contributed by atoms with Crippen molar-refractivity contribution in [1.82, 2.24) is 15.2 Å². The molecule has 1 amide bonds. The number of methoxy groups -OCH3 is 1. The fourth-order valence-electron chi connectivity index (χ4n) is 2.02. The minimum absolute atomic E-state index is 0.0599. The van der Waals surface area contributed by atoms with Gasteiger partial charge in [-0.25, -0.2) is 0 Å². The number of ether oxygens (including phenoxy) is 1. The molecule has 7 heteroatoms. The van der Waals surface area contributed by atoms with Crippen LogP contribution in [0.5, 0.6) is 5.75 Å². The predicted molar refractivity (Wildman–Crippen MR) is 82.9 cm³/mol.